The molecule has 1 aromatic carbocycles. The van der Waals surface area contributed by atoms with Crippen molar-refractivity contribution in [3.63, 3.8) is 0 Å². The van der Waals surface area contributed by atoms with Crippen molar-refractivity contribution in [3.8, 4) is 0 Å². The molecule has 0 aliphatic carbocycles. The molecule has 2 aromatic rings. The quantitative estimate of drug-likeness (QED) is 0.501. The first-order valence-corrected chi connectivity index (χ1v) is 7.94. The zero-order valence-electron chi connectivity index (χ0n) is 15.2. The maximum absolute atomic E-state index is 13.5. The fraction of sp³-hybridized carbons (Fsp3) is 0.333. The summed E-state index contributed by atoms with van der Waals surface area (Å²) in [5, 5.41) is 6.51. The number of ether oxygens (including phenoxy) is 1. The van der Waals surface area contributed by atoms with Crippen LogP contribution < -0.4 is 5.32 Å². The van der Waals surface area contributed by atoms with E-state index < -0.39 is 29.6 Å². The number of nitrogens with zero attached hydrogens (tertiary/aromatic N) is 2. The van der Waals surface area contributed by atoms with E-state index in [1.807, 2.05) is 0 Å². The second-order valence-corrected chi connectivity index (χ2v) is 6.00. The predicted molar refractivity (Wildman–Crippen MR) is 92.3 cm³/mol. The fourth-order valence-corrected chi connectivity index (χ4v) is 2.39. The molecule has 8 heteroatoms. The second kappa shape index (κ2) is 7.47. The molecule has 1 unspecified atom stereocenters. The molecular formula is C18H20FN3O4. The SMILES string of the molecule is Cc1ccc(NC(=O)C(C)OC(=O)C(=O)c2c(C)nn(C)c2C)cc1F. The van der Waals surface area contributed by atoms with Gasteiger partial charge in [0.05, 0.1) is 11.3 Å². The molecule has 0 bridgehead atoms. The van der Waals surface area contributed by atoms with Crippen LogP contribution in [0.2, 0.25) is 0 Å². The van der Waals surface area contributed by atoms with Gasteiger partial charge in [-0.2, -0.15) is 5.10 Å². The average Bonchev–Trinajstić information content (AvgIpc) is 2.82. The van der Waals surface area contributed by atoms with Crippen LogP contribution >= 0.6 is 0 Å². The number of carbonyl (C=O) groups is 3. The molecule has 138 valence electrons. The Morgan fingerprint density at radius 1 is 1.23 bits per heavy atom. The minimum Gasteiger partial charge on any atom is -0.447 e. The minimum atomic E-state index is -1.23. The summed E-state index contributed by atoms with van der Waals surface area (Å²) in [6.07, 6.45) is -1.23. The van der Waals surface area contributed by atoms with E-state index in [4.69, 9.17) is 4.74 Å². The number of Topliss-reactive ketones (excluding diaryl/α,β-unsaturated/α-hetero) is 1. The summed E-state index contributed by atoms with van der Waals surface area (Å²) >= 11 is 0. The summed E-state index contributed by atoms with van der Waals surface area (Å²) in [4.78, 5) is 36.5. The Bertz CT molecular complexity index is 889. The maximum atomic E-state index is 13.5. The number of aromatic nitrogens is 2. The van der Waals surface area contributed by atoms with Crippen molar-refractivity contribution in [3.05, 3.63) is 46.5 Å². The summed E-state index contributed by atoms with van der Waals surface area (Å²) in [6.45, 7) is 6.19. The van der Waals surface area contributed by atoms with Gasteiger partial charge in [-0.05, 0) is 45.4 Å². The van der Waals surface area contributed by atoms with Gasteiger partial charge in [0.15, 0.2) is 6.10 Å². The summed E-state index contributed by atoms with van der Waals surface area (Å²) in [5.74, 6) is -3.16. The molecule has 0 radical (unpaired) electrons. The Labute approximate surface area is 150 Å². The first kappa shape index (κ1) is 19.3. The average molecular weight is 361 g/mol. The lowest BCUT2D eigenvalue weighted by atomic mass is 10.1. The fourth-order valence-electron chi connectivity index (χ4n) is 2.39. The molecule has 0 aliphatic rings. The van der Waals surface area contributed by atoms with Gasteiger partial charge in [0.25, 0.3) is 11.7 Å². The van der Waals surface area contributed by atoms with Crippen LogP contribution in [0.3, 0.4) is 0 Å². The lowest BCUT2D eigenvalue weighted by molar-refractivity contribution is -0.148. The third kappa shape index (κ3) is 3.96. The van der Waals surface area contributed by atoms with Crippen LogP contribution in [0.25, 0.3) is 0 Å². The number of hydrogen-bond acceptors (Lipinski definition) is 5. The van der Waals surface area contributed by atoms with Crippen LogP contribution in [0.4, 0.5) is 10.1 Å². The van der Waals surface area contributed by atoms with Crippen molar-refractivity contribution in [1.82, 2.24) is 9.78 Å². The molecular weight excluding hydrogens is 341 g/mol. The topological polar surface area (TPSA) is 90.3 Å². The molecule has 1 amide bonds. The number of halogens is 1. The number of amides is 1. The number of aryl methyl sites for hydroxylation is 3. The number of carbonyl (C=O) groups excluding carboxylic acids is 3. The largest absolute Gasteiger partial charge is 0.447 e. The Morgan fingerprint density at radius 2 is 1.88 bits per heavy atom. The van der Waals surface area contributed by atoms with Gasteiger partial charge in [0, 0.05) is 18.4 Å². The van der Waals surface area contributed by atoms with E-state index in [1.54, 1.807) is 27.8 Å². The van der Waals surface area contributed by atoms with Gasteiger partial charge < -0.3 is 10.1 Å². The zero-order chi connectivity index (χ0) is 19.6. The smallest absolute Gasteiger partial charge is 0.380 e. The van der Waals surface area contributed by atoms with Crippen LogP contribution in [0.5, 0.6) is 0 Å². The van der Waals surface area contributed by atoms with Crippen molar-refractivity contribution in [2.45, 2.75) is 33.8 Å². The van der Waals surface area contributed by atoms with E-state index >= 15 is 0 Å². The van der Waals surface area contributed by atoms with Crippen LogP contribution in [0.1, 0.15) is 34.2 Å². The molecule has 26 heavy (non-hydrogen) atoms. The monoisotopic (exact) mass is 361 g/mol. The van der Waals surface area contributed by atoms with Crippen molar-refractivity contribution in [1.29, 1.82) is 0 Å². The minimum absolute atomic E-state index is 0.158. The Hall–Kier alpha value is -3.03. The number of ketones is 1. The van der Waals surface area contributed by atoms with Crippen molar-refractivity contribution >= 4 is 23.3 Å². The van der Waals surface area contributed by atoms with E-state index in [9.17, 15) is 18.8 Å². The van der Waals surface area contributed by atoms with Gasteiger partial charge in [0.2, 0.25) is 0 Å². The first-order chi connectivity index (χ1) is 12.1. The number of hydrogen-bond donors (Lipinski definition) is 1. The summed E-state index contributed by atoms with van der Waals surface area (Å²) in [6, 6.07) is 4.20. The molecule has 1 heterocycles. The molecule has 0 fully saturated rings. The highest BCUT2D eigenvalue weighted by Crippen LogP contribution is 2.16. The Morgan fingerprint density at radius 3 is 2.42 bits per heavy atom. The third-order valence-electron chi connectivity index (χ3n) is 4.01. The van der Waals surface area contributed by atoms with E-state index in [-0.39, 0.29) is 11.3 Å². The maximum Gasteiger partial charge on any atom is 0.380 e. The standard InChI is InChI=1S/C18H20FN3O4/c1-9-6-7-13(8-14(9)19)20-17(24)12(4)26-18(25)16(23)15-10(2)21-22(5)11(15)3/h6-8,12H,1-5H3,(H,20,24). The highest BCUT2D eigenvalue weighted by molar-refractivity contribution is 6.41. The molecule has 0 aliphatic heterocycles. The molecule has 1 aromatic heterocycles. The molecule has 7 nitrogen and oxygen atoms in total. The van der Waals surface area contributed by atoms with Crippen LogP contribution in [-0.2, 0) is 21.4 Å². The van der Waals surface area contributed by atoms with Crippen molar-refractivity contribution in [2.75, 3.05) is 5.32 Å². The van der Waals surface area contributed by atoms with Gasteiger partial charge in [-0.3, -0.25) is 14.3 Å². The lowest BCUT2D eigenvalue weighted by Crippen LogP contribution is -2.32. The zero-order valence-corrected chi connectivity index (χ0v) is 15.2. The van der Waals surface area contributed by atoms with Gasteiger partial charge in [-0.15, -0.1) is 0 Å². The lowest BCUT2D eigenvalue weighted by Gasteiger charge is -2.13. The number of esters is 1. The van der Waals surface area contributed by atoms with Gasteiger partial charge in [-0.25, -0.2) is 9.18 Å². The van der Waals surface area contributed by atoms with E-state index in [2.05, 4.69) is 10.4 Å². The summed E-state index contributed by atoms with van der Waals surface area (Å²) in [7, 11) is 1.65. The van der Waals surface area contributed by atoms with E-state index in [1.165, 1.54) is 23.7 Å². The van der Waals surface area contributed by atoms with Crippen LogP contribution in [-0.4, -0.2) is 33.5 Å². The van der Waals surface area contributed by atoms with E-state index in [0.717, 1.165) is 6.07 Å². The number of anilines is 1. The normalized spacial score (nSPS) is 11.8. The van der Waals surface area contributed by atoms with Crippen LogP contribution in [0.15, 0.2) is 18.2 Å². The molecule has 1 atom stereocenters. The second-order valence-electron chi connectivity index (χ2n) is 6.00. The van der Waals surface area contributed by atoms with Gasteiger partial charge in [-0.1, -0.05) is 6.07 Å². The molecule has 2 rings (SSSR count). The molecule has 1 N–H and O–H groups in total. The van der Waals surface area contributed by atoms with Crippen molar-refractivity contribution in [2.24, 2.45) is 7.05 Å². The number of nitrogens with one attached hydrogen (secondary N) is 1. The molecule has 0 spiro atoms. The van der Waals surface area contributed by atoms with Crippen LogP contribution in [0, 0.1) is 26.6 Å². The highest BCUT2D eigenvalue weighted by atomic mass is 19.1. The summed E-state index contributed by atoms with van der Waals surface area (Å²) < 4.78 is 19.9. The highest BCUT2D eigenvalue weighted by Gasteiger charge is 2.28. The third-order valence-corrected chi connectivity index (χ3v) is 4.01. The first-order valence-electron chi connectivity index (χ1n) is 7.94. The molecule has 0 saturated carbocycles. The molecule has 0 saturated heterocycles. The van der Waals surface area contributed by atoms with Gasteiger partial charge in [0.1, 0.15) is 5.82 Å². The number of rotatable bonds is 5. The summed E-state index contributed by atoms with van der Waals surface area (Å²) in [5.41, 5.74) is 1.75. The van der Waals surface area contributed by atoms with E-state index in [0.29, 0.717) is 17.0 Å². The Kier molecular flexibility index (Phi) is 5.54. The predicted octanol–water partition coefficient (Wildman–Crippen LogP) is 2.24. The Balaban J connectivity index is 2.04. The number of benzene rings is 1. The van der Waals surface area contributed by atoms with Gasteiger partial charge >= 0.3 is 5.97 Å². The van der Waals surface area contributed by atoms with Crippen molar-refractivity contribution < 1.29 is 23.5 Å².